The van der Waals surface area contributed by atoms with Crippen LogP contribution in [-0.2, 0) is 13.5 Å². The SMILES string of the molecule is CCc1nn(C)c(N2CCC(c3nc4ccccc4o3)CC2)c1[N+](=O)[O-]. The van der Waals surface area contributed by atoms with Crippen LogP contribution in [0.3, 0.4) is 0 Å². The average molecular weight is 355 g/mol. The molecular weight excluding hydrogens is 334 g/mol. The Hall–Kier alpha value is -2.90. The molecule has 0 amide bonds. The Balaban J connectivity index is 1.55. The van der Waals surface area contributed by atoms with Gasteiger partial charge in [0, 0.05) is 26.1 Å². The molecule has 8 heteroatoms. The van der Waals surface area contributed by atoms with Crippen LogP contribution in [0.5, 0.6) is 0 Å². The molecule has 3 heterocycles. The summed E-state index contributed by atoms with van der Waals surface area (Å²) in [6.07, 6.45) is 2.23. The molecule has 0 radical (unpaired) electrons. The minimum absolute atomic E-state index is 0.135. The summed E-state index contributed by atoms with van der Waals surface area (Å²) in [5, 5.41) is 15.9. The lowest BCUT2D eigenvalue weighted by molar-refractivity contribution is -0.384. The number of benzene rings is 1. The molecule has 1 aromatic carbocycles. The summed E-state index contributed by atoms with van der Waals surface area (Å²) >= 11 is 0. The summed E-state index contributed by atoms with van der Waals surface area (Å²) in [4.78, 5) is 17.9. The third kappa shape index (κ3) is 2.71. The van der Waals surface area contributed by atoms with E-state index < -0.39 is 0 Å². The predicted octanol–water partition coefficient (Wildman–Crippen LogP) is 3.42. The maximum atomic E-state index is 11.5. The second-order valence-electron chi connectivity index (χ2n) is 6.63. The molecule has 0 saturated carbocycles. The third-order valence-electron chi connectivity index (χ3n) is 5.03. The minimum Gasteiger partial charge on any atom is -0.440 e. The summed E-state index contributed by atoms with van der Waals surface area (Å²) in [6, 6.07) is 7.76. The highest BCUT2D eigenvalue weighted by Crippen LogP contribution is 2.36. The van der Waals surface area contributed by atoms with Gasteiger partial charge < -0.3 is 9.32 Å². The molecule has 136 valence electrons. The van der Waals surface area contributed by atoms with Crippen LogP contribution < -0.4 is 4.90 Å². The molecule has 0 atom stereocenters. The first-order chi connectivity index (χ1) is 12.6. The van der Waals surface area contributed by atoms with Crippen LogP contribution in [-0.4, -0.2) is 32.8 Å². The van der Waals surface area contributed by atoms with Gasteiger partial charge in [-0.2, -0.15) is 5.10 Å². The van der Waals surface area contributed by atoms with Gasteiger partial charge in [0.15, 0.2) is 11.5 Å². The highest BCUT2D eigenvalue weighted by atomic mass is 16.6. The summed E-state index contributed by atoms with van der Waals surface area (Å²) in [6.45, 7) is 3.32. The molecule has 0 N–H and O–H groups in total. The van der Waals surface area contributed by atoms with Gasteiger partial charge >= 0.3 is 5.69 Å². The topological polar surface area (TPSA) is 90.2 Å². The Morgan fingerprint density at radius 3 is 2.69 bits per heavy atom. The van der Waals surface area contributed by atoms with Gasteiger partial charge in [0.1, 0.15) is 11.2 Å². The van der Waals surface area contributed by atoms with Crippen molar-refractivity contribution in [2.75, 3.05) is 18.0 Å². The zero-order chi connectivity index (χ0) is 18.3. The fourth-order valence-corrected chi connectivity index (χ4v) is 3.74. The van der Waals surface area contributed by atoms with E-state index in [0.717, 1.165) is 29.8 Å². The van der Waals surface area contributed by atoms with Crippen LogP contribution in [0.1, 0.15) is 37.3 Å². The lowest BCUT2D eigenvalue weighted by Gasteiger charge is -2.31. The lowest BCUT2D eigenvalue weighted by Crippen LogP contribution is -2.34. The van der Waals surface area contributed by atoms with Gasteiger partial charge in [0.05, 0.1) is 4.92 Å². The molecule has 4 rings (SSSR count). The number of aromatic nitrogens is 3. The summed E-state index contributed by atoms with van der Waals surface area (Å²) in [5.41, 5.74) is 2.35. The number of piperidine rings is 1. The van der Waals surface area contributed by atoms with Crippen molar-refractivity contribution in [3.63, 3.8) is 0 Å². The van der Waals surface area contributed by atoms with Crippen molar-refractivity contribution in [2.24, 2.45) is 7.05 Å². The Labute approximate surface area is 150 Å². The second-order valence-corrected chi connectivity index (χ2v) is 6.63. The monoisotopic (exact) mass is 355 g/mol. The zero-order valence-corrected chi connectivity index (χ0v) is 14.9. The van der Waals surface area contributed by atoms with E-state index in [1.807, 2.05) is 31.2 Å². The first-order valence-electron chi connectivity index (χ1n) is 8.89. The number of fused-ring (bicyclic) bond motifs is 1. The molecule has 2 aromatic heterocycles. The lowest BCUT2D eigenvalue weighted by atomic mass is 9.96. The van der Waals surface area contributed by atoms with E-state index >= 15 is 0 Å². The molecule has 1 aliphatic heterocycles. The van der Waals surface area contributed by atoms with Crippen LogP contribution in [0.25, 0.3) is 11.1 Å². The van der Waals surface area contributed by atoms with Gasteiger partial charge in [-0.3, -0.25) is 10.1 Å². The molecule has 1 saturated heterocycles. The highest BCUT2D eigenvalue weighted by Gasteiger charge is 2.33. The molecule has 26 heavy (non-hydrogen) atoms. The third-order valence-corrected chi connectivity index (χ3v) is 5.03. The van der Waals surface area contributed by atoms with E-state index in [-0.39, 0.29) is 16.5 Å². The number of anilines is 1. The molecule has 0 spiro atoms. The summed E-state index contributed by atoms with van der Waals surface area (Å²) in [7, 11) is 1.77. The van der Waals surface area contributed by atoms with Crippen molar-refractivity contribution in [3.05, 3.63) is 46.0 Å². The van der Waals surface area contributed by atoms with Crippen molar-refractivity contribution in [1.82, 2.24) is 14.8 Å². The maximum absolute atomic E-state index is 11.5. The van der Waals surface area contributed by atoms with Gasteiger partial charge in [-0.05, 0) is 31.4 Å². The smallest absolute Gasteiger partial charge is 0.334 e. The van der Waals surface area contributed by atoms with E-state index in [2.05, 4.69) is 15.0 Å². The maximum Gasteiger partial charge on any atom is 0.334 e. The normalized spacial score (nSPS) is 15.7. The number of nitro groups is 1. The molecule has 0 unspecified atom stereocenters. The van der Waals surface area contributed by atoms with Crippen LogP contribution in [0.4, 0.5) is 11.5 Å². The summed E-state index contributed by atoms with van der Waals surface area (Å²) in [5.74, 6) is 1.60. The van der Waals surface area contributed by atoms with E-state index in [0.29, 0.717) is 31.0 Å². The van der Waals surface area contributed by atoms with E-state index in [4.69, 9.17) is 4.42 Å². The van der Waals surface area contributed by atoms with Gasteiger partial charge in [-0.15, -0.1) is 0 Å². The van der Waals surface area contributed by atoms with Crippen LogP contribution in [0.2, 0.25) is 0 Å². The predicted molar refractivity (Wildman–Crippen MR) is 97.4 cm³/mol. The van der Waals surface area contributed by atoms with Gasteiger partial charge in [-0.25, -0.2) is 9.67 Å². The molecule has 0 bridgehead atoms. The van der Waals surface area contributed by atoms with Crippen molar-refractivity contribution in [1.29, 1.82) is 0 Å². The van der Waals surface area contributed by atoms with Gasteiger partial charge in [0.2, 0.25) is 5.82 Å². The van der Waals surface area contributed by atoms with Crippen molar-refractivity contribution in [2.45, 2.75) is 32.1 Å². The molecular formula is C18H21N5O3. The molecule has 8 nitrogen and oxygen atoms in total. The molecule has 1 fully saturated rings. The average Bonchev–Trinajstić information content (AvgIpc) is 3.22. The number of rotatable bonds is 4. The molecule has 1 aliphatic rings. The minimum atomic E-state index is -0.311. The quantitative estimate of drug-likeness (QED) is 0.526. The molecule has 0 aliphatic carbocycles. The standard InChI is InChI=1S/C18H21N5O3/c1-3-13-16(23(24)25)18(21(2)20-13)22-10-8-12(9-11-22)17-19-14-6-4-5-7-15(14)26-17/h4-7,12H,3,8-11H2,1-2H3. The Morgan fingerprint density at radius 1 is 1.31 bits per heavy atom. The highest BCUT2D eigenvalue weighted by molar-refractivity contribution is 5.72. The van der Waals surface area contributed by atoms with Gasteiger partial charge in [-0.1, -0.05) is 19.1 Å². The number of hydrogen-bond acceptors (Lipinski definition) is 6. The Bertz CT molecular complexity index is 920. The van der Waals surface area contributed by atoms with Crippen LogP contribution in [0.15, 0.2) is 28.7 Å². The van der Waals surface area contributed by atoms with Crippen molar-refractivity contribution < 1.29 is 9.34 Å². The fraction of sp³-hybridized carbons (Fsp3) is 0.444. The van der Waals surface area contributed by atoms with E-state index in [1.54, 1.807) is 11.7 Å². The first kappa shape index (κ1) is 16.6. The zero-order valence-electron chi connectivity index (χ0n) is 14.9. The van der Waals surface area contributed by atoms with Crippen molar-refractivity contribution >= 4 is 22.6 Å². The number of oxazole rings is 1. The van der Waals surface area contributed by atoms with E-state index in [1.165, 1.54) is 0 Å². The van der Waals surface area contributed by atoms with Crippen LogP contribution in [0, 0.1) is 10.1 Å². The Morgan fingerprint density at radius 2 is 2.04 bits per heavy atom. The number of aryl methyl sites for hydroxylation is 2. The van der Waals surface area contributed by atoms with Crippen molar-refractivity contribution in [3.8, 4) is 0 Å². The van der Waals surface area contributed by atoms with E-state index in [9.17, 15) is 10.1 Å². The second kappa shape index (κ2) is 6.44. The molecule has 3 aromatic rings. The summed E-state index contributed by atoms with van der Waals surface area (Å²) < 4.78 is 7.54. The van der Waals surface area contributed by atoms with Crippen LogP contribution >= 0.6 is 0 Å². The Kier molecular flexibility index (Phi) is 4.10. The first-order valence-corrected chi connectivity index (χ1v) is 8.89. The number of nitrogens with zero attached hydrogens (tertiary/aromatic N) is 5. The number of hydrogen-bond donors (Lipinski definition) is 0. The number of para-hydroxylation sites is 2. The fourth-order valence-electron chi connectivity index (χ4n) is 3.74. The largest absolute Gasteiger partial charge is 0.440 e. The van der Waals surface area contributed by atoms with Gasteiger partial charge in [0.25, 0.3) is 0 Å².